The van der Waals surface area contributed by atoms with Crippen LogP contribution in [0.15, 0.2) is 58.4 Å². The number of carbonyl (C=O) groups is 2. The molecule has 3 rings (SSSR count). The molecule has 2 aromatic carbocycles. The van der Waals surface area contributed by atoms with Crippen LogP contribution in [0, 0.1) is 6.92 Å². The highest BCUT2D eigenvalue weighted by atomic mass is 16.6. The molecule has 0 aliphatic heterocycles. The lowest BCUT2D eigenvalue weighted by Crippen LogP contribution is -2.26. The van der Waals surface area contributed by atoms with Crippen molar-refractivity contribution in [3.63, 3.8) is 0 Å². The largest absolute Gasteiger partial charge is 0.493 e. The van der Waals surface area contributed by atoms with E-state index >= 15 is 0 Å². The maximum atomic E-state index is 12.3. The van der Waals surface area contributed by atoms with Crippen LogP contribution in [0.3, 0.4) is 0 Å². The molecule has 0 saturated heterocycles. The van der Waals surface area contributed by atoms with Gasteiger partial charge in [-0.25, -0.2) is 4.79 Å². The minimum absolute atomic E-state index is 0.112. The fraction of sp³-hybridized carbons (Fsp3) is 0.190. The van der Waals surface area contributed by atoms with Gasteiger partial charge >= 0.3 is 11.7 Å². The Kier molecular flexibility index (Phi) is 6.21. The van der Waals surface area contributed by atoms with Gasteiger partial charge < -0.3 is 9.47 Å². The smallest absolute Gasteiger partial charge is 0.374 e. The van der Waals surface area contributed by atoms with Crippen LogP contribution in [-0.2, 0) is 11.2 Å². The Bertz CT molecular complexity index is 1160. The fourth-order valence-corrected chi connectivity index (χ4v) is 2.70. The molecule has 0 aliphatic rings. The van der Waals surface area contributed by atoms with Gasteiger partial charge in [0, 0.05) is 6.92 Å². The summed E-state index contributed by atoms with van der Waals surface area (Å²) in [6.07, 6.45) is 1.51. The summed E-state index contributed by atoms with van der Waals surface area (Å²) >= 11 is 0. The number of benzene rings is 2. The highest BCUT2D eigenvalue weighted by Crippen LogP contribution is 2.28. The molecule has 0 fully saturated rings. The quantitative estimate of drug-likeness (QED) is 0.351. The van der Waals surface area contributed by atoms with Gasteiger partial charge in [0.1, 0.15) is 0 Å². The molecule has 0 saturated carbocycles. The predicted octanol–water partition coefficient (Wildman–Crippen LogP) is 2.05. The minimum atomic E-state index is -0.667. The van der Waals surface area contributed by atoms with Gasteiger partial charge in [-0.2, -0.15) is 9.78 Å². The number of rotatable bonds is 6. The summed E-state index contributed by atoms with van der Waals surface area (Å²) in [6.45, 7) is 2.80. The summed E-state index contributed by atoms with van der Waals surface area (Å²) in [5, 5.41) is 7.95. The Hall–Kier alpha value is -4.01. The first-order valence-electron chi connectivity index (χ1n) is 9.05. The summed E-state index contributed by atoms with van der Waals surface area (Å²) in [7, 11) is 1.47. The monoisotopic (exact) mass is 408 g/mol. The Balaban J connectivity index is 1.82. The molecule has 30 heavy (non-hydrogen) atoms. The van der Waals surface area contributed by atoms with Crippen LogP contribution in [0.2, 0.25) is 0 Å². The van der Waals surface area contributed by atoms with E-state index in [0.717, 1.165) is 14.9 Å². The van der Waals surface area contributed by atoms with Crippen molar-refractivity contribution in [1.82, 2.24) is 14.5 Å². The lowest BCUT2D eigenvalue weighted by molar-refractivity contribution is -0.133. The number of ether oxygens (including phenoxy) is 2. The number of hydrogen-bond donors (Lipinski definition) is 0. The first-order chi connectivity index (χ1) is 14.4. The molecular weight excluding hydrogens is 388 g/mol. The van der Waals surface area contributed by atoms with Crippen molar-refractivity contribution in [2.75, 3.05) is 7.11 Å². The second-order valence-electron chi connectivity index (χ2n) is 6.36. The molecule has 0 radical (unpaired) electrons. The van der Waals surface area contributed by atoms with Gasteiger partial charge in [-0.05, 0) is 36.2 Å². The average molecular weight is 408 g/mol. The number of hydrogen-bond acceptors (Lipinski definition) is 7. The van der Waals surface area contributed by atoms with Gasteiger partial charge in [-0.1, -0.05) is 30.3 Å². The normalized spacial score (nSPS) is 10.9. The highest BCUT2D eigenvalue weighted by Gasteiger charge is 2.13. The third kappa shape index (κ3) is 4.69. The van der Waals surface area contributed by atoms with Crippen LogP contribution in [-0.4, -0.2) is 39.7 Å². The van der Waals surface area contributed by atoms with Crippen molar-refractivity contribution < 1.29 is 19.1 Å². The zero-order valence-electron chi connectivity index (χ0n) is 16.7. The number of aryl methyl sites for hydroxylation is 1. The third-order valence-electron chi connectivity index (χ3n) is 4.14. The molecule has 0 aliphatic carbocycles. The van der Waals surface area contributed by atoms with Crippen LogP contribution in [0.5, 0.6) is 11.5 Å². The third-order valence-corrected chi connectivity index (χ3v) is 4.14. The summed E-state index contributed by atoms with van der Waals surface area (Å²) in [5.74, 6) is -0.0795. The van der Waals surface area contributed by atoms with Crippen molar-refractivity contribution >= 4 is 18.1 Å². The van der Waals surface area contributed by atoms with Gasteiger partial charge in [-0.3, -0.25) is 9.59 Å². The molecule has 0 atom stereocenters. The summed E-state index contributed by atoms with van der Waals surface area (Å²) in [5.41, 5.74) is 0.718. The highest BCUT2D eigenvalue weighted by molar-refractivity contribution is 5.82. The van der Waals surface area contributed by atoms with Crippen LogP contribution in [0.4, 0.5) is 0 Å². The van der Waals surface area contributed by atoms with E-state index in [-0.39, 0.29) is 18.0 Å². The van der Waals surface area contributed by atoms with Crippen molar-refractivity contribution in [3.05, 3.63) is 76.0 Å². The molecule has 154 valence electrons. The van der Waals surface area contributed by atoms with E-state index in [1.165, 1.54) is 20.2 Å². The topological polar surface area (TPSA) is 105 Å². The number of methoxy groups -OCH3 is 1. The molecule has 0 bridgehead atoms. The van der Waals surface area contributed by atoms with E-state index < -0.39 is 17.6 Å². The standard InChI is InChI=1S/C21H20N4O5/c1-14-23-25(15(2)26)21(28)24(14)22-13-17-9-10-18(29-3)19(11-17)30-20(27)12-16-7-5-4-6-8-16/h4-11,13H,12H2,1-3H3/b22-13+. The fourth-order valence-electron chi connectivity index (χ4n) is 2.70. The van der Waals surface area contributed by atoms with Crippen LogP contribution in [0.1, 0.15) is 28.7 Å². The molecule has 0 amide bonds. The molecule has 1 aromatic heterocycles. The minimum Gasteiger partial charge on any atom is -0.493 e. The van der Waals surface area contributed by atoms with E-state index in [9.17, 15) is 14.4 Å². The van der Waals surface area contributed by atoms with Gasteiger partial charge in [-0.15, -0.1) is 9.78 Å². The van der Waals surface area contributed by atoms with Crippen molar-refractivity contribution in [3.8, 4) is 11.5 Å². The lowest BCUT2D eigenvalue weighted by atomic mass is 10.1. The summed E-state index contributed by atoms with van der Waals surface area (Å²) < 4.78 is 12.5. The molecular formula is C21H20N4O5. The summed E-state index contributed by atoms with van der Waals surface area (Å²) in [4.78, 5) is 35.9. The maximum Gasteiger partial charge on any atom is 0.374 e. The van der Waals surface area contributed by atoms with Gasteiger partial charge in [0.2, 0.25) is 5.91 Å². The van der Waals surface area contributed by atoms with E-state index in [0.29, 0.717) is 11.3 Å². The second-order valence-corrected chi connectivity index (χ2v) is 6.36. The predicted molar refractivity (Wildman–Crippen MR) is 109 cm³/mol. The molecule has 0 unspecified atom stereocenters. The number of nitrogens with zero attached hydrogens (tertiary/aromatic N) is 4. The number of esters is 1. The van der Waals surface area contributed by atoms with Crippen LogP contribution in [0.25, 0.3) is 0 Å². The van der Waals surface area contributed by atoms with E-state index in [1.807, 2.05) is 30.3 Å². The zero-order chi connectivity index (χ0) is 21.7. The Morgan fingerprint density at radius 3 is 2.50 bits per heavy atom. The number of carbonyl (C=O) groups excluding carboxylic acids is 2. The molecule has 0 spiro atoms. The molecule has 1 heterocycles. The van der Waals surface area contributed by atoms with E-state index in [2.05, 4.69) is 10.2 Å². The summed E-state index contributed by atoms with van der Waals surface area (Å²) in [6, 6.07) is 14.1. The molecule has 9 nitrogen and oxygen atoms in total. The average Bonchev–Trinajstić information content (AvgIpc) is 3.01. The molecule has 3 aromatic rings. The number of aromatic nitrogens is 3. The SMILES string of the molecule is COc1ccc(/C=N/n2c(C)nn(C(C)=O)c2=O)cc1OC(=O)Cc1ccccc1. The van der Waals surface area contributed by atoms with E-state index in [1.54, 1.807) is 25.1 Å². The van der Waals surface area contributed by atoms with Crippen molar-refractivity contribution in [2.45, 2.75) is 20.3 Å². The Morgan fingerprint density at radius 1 is 1.13 bits per heavy atom. The van der Waals surface area contributed by atoms with Crippen molar-refractivity contribution in [1.29, 1.82) is 0 Å². The Morgan fingerprint density at radius 2 is 1.87 bits per heavy atom. The van der Waals surface area contributed by atoms with Crippen LogP contribution >= 0.6 is 0 Å². The first-order valence-corrected chi connectivity index (χ1v) is 9.05. The first kappa shape index (κ1) is 20.7. The van der Waals surface area contributed by atoms with Gasteiger partial charge in [0.15, 0.2) is 17.3 Å². The Labute approximate surface area is 172 Å². The maximum absolute atomic E-state index is 12.3. The van der Waals surface area contributed by atoms with Crippen molar-refractivity contribution in [2.24, 2.45) is 5.10 Å². The van der Waals surface area contributed by atoms with Gasteiger partial charge in [0.05, 0.1) is 19.7 Å². The van der Waals surface area contributed by atoms with E-state index in [4.69, 9.17) is 9.47 Å². The van der Waals surface area contributed by atoms with Gasteiger partial charge in [0.25, 0.3) is 0 Å². The van der Waals surface area contributed by atoms with Crippen LogP contribution < -0.4 is 15.2 Å². The molecule has 9 heteroatoms. The lowest BCUT2D eigenvalue weighted by Gasteiger charge is -2.10. The second kappa shape index (κ2) is 8.99. The zero-order valence-corrected chi connectivity index (χ0v) is 16.7. The molecule has 0 N–H and O–H groups in total.